The molecule has 3 aliphatic rings. The summed E-state index contributed by atoms with van der Waals surface area (Å²) in [6.07, 6.45) is 10.3. The fourth-order valence-electron chi connectivity index (χ4n) is 4.96. The minimum Gasteiger partial charge on any atom is -0.354 e. The van der Waals surface area contributed by atoms with E-state index in [0.717, 1.165) is 12.8 Å². The maximum atomic E-state index is 12.3. The van der Waals surface area contributed by atoms with Gasteiger partial charge in [-0.15, -0.1) is 0 Å². The number of fused-ring (bicyclic) bond motifs is 2. The molecule has 2 bridgehead atoms. The number of nitrogens with two attached hydrogens (primary N) is 1. The average Bonchev–Trinajstić information content (AvgIpc) is 3.13. The Morgan fingerprint density at radius 2 is 1.61 bits per heavy atom. The van der Waals surface area contributed by atoms with E-state index >= 15 is 0 Å². The van der Waals surface area contributed by atoms with E-state index in [2.05, 4.69) is 10.6 Å². The van der Waals surface area contributed by atoms with Crippen molar-refractivity contribution in [2.24, 2.45) is 29.4 Å². The van der Waals surface area contributed by atoms with Gasteiger partial charge in [0.2, 0.25) is 11.8 Å². The van der Waals surface area contributed by atoms with Crippen LogP contribution in [0.25, 0.3) is 0 Å². The van der Waals surface area contributed by atoms with Crippen molar-refractivity contribution in [1.29, 1.82) is 0 Å². The van der Waals surface area contributed by atoms with Crippen molar-refractivity contribution in [2.45, 2.75) is 63.8 Å². The van der Waals surface area contributed by atoms with Crippen molar-refractivity contribution in [3.8, 4) is 0 Å². The minimum absolute atomic E-state index is 0.00769. The molecule has 0 aromatic heterocycles. The fourth-order valence-corrected chi connectivity index (χ4v) is 4.96. The fraction of sp³-hybridized carbons (Fsp3) is 0.889. The van der Waals surface area contributed by atoms with Crippen LogP contribution in [0.2, 0.25) is 0 Å². The van der Waals surface area contributed by atoms with Crippen molar-refractivity contribution in [3.63, 3.8) is 0 Å². The molecule has 0 heterocycles. The number of hydrogen-bond acceptors (Lipinski definition) is 3. The first-order valence-electron chi connectivity index (χ1n) is 9.45. The molecule has 3 saturated carbocycles. The number of carbonyl (C=O) groups is 2. The lowest BCUT2D eigenvalue weighted by molar-refractivity contribution is -0.127. The summed E-state index contributed by atoms with van der Waals surface area (Å²) in [5.41, 5.74) is 6.19. The Balaban J connectivity index is 1.30. The molecule has 5 heteroatoms. The smallest absolute Gasteiger partial charge is 0.225 e. The van der Waals surface area contributed by atoms with Gasteiger partial charge in [-0.05, 0) is 49.9 Å². The molecule has 4 unspecified atom stereocenters. The van der Waals surface area contributed by atoms with Crippen molar-refractivity contribution >= 4 is 11.8 Å². The second-order valence-electron chi connectivity index (χ2n) is 7.79. The largest absolute Gasteiger partial charge is 0.354 e. The molecule has 0 radical (unpaired) electrons. The lowest BCUT2D eigenvalue weighted by Crippen LogP contribution is -2.46. The Bertz CT molecular complexity index is 432. The maximum absolute atomic E-state index is 12.3. The summed E-state index contributed by atoms with van der Waals surface area (Å²) in [4.78, 5) is 24.2. The van der Waals surface area contributed by atoms with E-state index in [4.69, 9.17) is 5.73 Å². The van der Waals surface area contributed by atoms with Gasteiger partial charge in [-0.3, -0.25) is 9.59 Å². The Kier molecular flexibility index (Phi) is 5.57. The van der Waals surface area contributed by atoms with Gasteiger partial charge < -0.3 is 16.4 Å². The summed E-state index contributed by atoms with van der Waals surface area (Å²) in [6, 6.07) is 0.0367. The highest BCUT2D eigenvalue weighted by molar-refractivity contribution is 5.80. The summed E-state index contributed by atoms with van der Waals surface area (Å²) in [5.74, 6) is 1.80. The van der Waals surface area contributed by atoms with Crippen molar-refractivity contribution < 1.29 is 9.59 Å². The average molecular weight is 321 g/mol. The molecule has 0 aromatic carbocycles. The highest BCUT2D eigenvalue weighted by Gasteiger charge is 2.48. The third-order valence-corrected chi connectivity index (χ3v) is 6.23. The molecule has 3 rings (SSSR count). The minimum atomic E-state index is -0.00769. The van der Waals surface area contributed by atoms with E-state index < -0.39 is 0 Å². The molecule has 0 aromatic rings. The number of rotatable bonds is 6. The molecule has 130 valence electrons. The summed E-state index contributed by atoms with van der Waals surface area (Å²) < 4.78 is 0. The van der Waals surface area contributed by atoms with Gasteiger partial charge in [0.15, 0.2) is 0 Å². The number of amides is 2. The van der Waals surface area contributed by atoms with Crippen molar-refractivity contribution in [3.05, 3.63) is 0 Å². The van der Waals surface area contributed by atoms with E-state index in [-0.39, 0.29) is 23.8 Å². The third-order valence-electron chi connectivity index (χ3n) is 6.23. The molecule has 2 amide bonds. The van der Waals surface area contributed by atoms with Crippen LogP contribution < -0.4 is 16.4 Å². The van der Waals surface area contributed by atoms with Crippen molar-refractivity contribution in [2.75, 3.05) is 13.1 Å². The van der Waals surface area contributed by atoms with E-state index in [1.165, 1.54) is 38.5 Å². The van der Waals surface area contributed by atoms with Gasteiger partial charge in [0.25, 0.3) is 0 Å². The van der Waals surface area contributed by atoms with Crippen LogP contribution >= 0.6 is 0 Å². The zero-order valence-electron chi connectivity index (χ0n) is 14.1. The van der Waals surface area contributed by atoms with Gasteiger partial charge >= 0.3 is 0 Å². The zero-order valence-corrected chi connectivity index (χ0v) is 14.1. The van der Waals surface area contributed by atoms with Gasteiger partial charge in [0.1, 0.15) is 0 Å². The van der Waals surface area contributed by atoms with Crippen LogP contribution in [0.3, 0.4) is 0 Å². The molecule has 5 nitrogen and oxygen atoms in total. The van der Waals surface area contributed by atoms with Crippen LogP contribution in [-0.2, 0) is 9.59 Å². The lowest BCUT2D eigenvalue weighted by Gasteiger charge is -2.27. The number of carbonyl (C=O) groups excluding carboxylic acids is 2. The van der Waals surface area contributed by atoms with Crippen LogP contribution in [0.15, 0.2) is 0 Å². The summed E-state index contributed by atoms with van der Waals surface area (Å²) in [5, 5.41) is 5.90. The molecule has 4 atom stereocenters. The lowest BCUT2D eigenvalue weighted by atomic mass is 9.84. The summed E-state index contributed by atoms with van der Waals surface area (Å²) in [7, 11) is 0. The molecule has 23 heavy (non-hydrogen) atoms. The SMILES string of the molecule is NC1C2CCC(C2)C1C(=O)NCCNC(=O)CC1CCCCC1. The second kappa shape index (κ2) is 7.65. The molecule has 3 aliphatic carbocycles. The van der Waals surface area contributed by atoms with E-state index in [9.17, 15) is 9.59 Å². The molecule has 0 aliphatic heterocycles. The van der Waals surface area contributed by atoms with Gasteiger partial charge in [-0.25, -0.2) is 0 Å². The molecular formula is C18H31N3O2. The predicted molar refractivity (Wildman–Crippen MR) is 89.5 cm³/mol. The highest BCUT2D eigenvalue weighted by atomic mass is 16.2. The van der Waals surface area contributed by atoms with E-state index in [1.807, 2.05) is 0 Å². The number of hydrogen-bond donors (Lipinski definition) is 3. The Morgan fingerprint density at radius 3 is 2.30 bits per heavy atom. The zero-order chi connectivity index (χ0) is 16.2. The Morgan fingerprint density at radius 1 is 0.913 bits per heavy atom. The van der Waals surface area contributed by atoms with Gasteiger partial charge in [-0.1, -0.05) is 19.3 Å². The molecule has 4 N–H and O–H groups in total. The van der Waals surface area contributed by atoms with Crippen LogP contribution in [0.5, 0.6) is 0 Å². The number of nitrogens with one attached hydrogen (secondary N) is 2. The maximum Gasteiger partial charge on any atom is 0.225 e. The van der Waals surface area contributed by atoms with Crippen LogP contribution in [0, 0.1) is 23.7 Å². The molecule has 0 saturated heterocycles. The monoisotopic (exact) mass is 321 g/mol. The summed E-state index contributed by atoms with van der Waals surface area (Å²) >= 11 is 0. The second-order valence-corrected chi connectivity index (χ2v) is 7.79. The molecule has 0 spiro atoms. The van der Waals surface area contributed by atoms with Crippen molar-refractivity contribution in [1.82, 2.24) is 10.6 Å². The first-order chi connectivity index (χ1) is 11.1. The standard InChI is InChI=1S/C18H31N3O2/c19-17-14-7-6-13(11-14)16(17)18(23)21-9-8-20-15(22)10-12-4-2-1-3-5-12/h12-14,16-17H,1-11,19H2,(H,20,22)(H,21,23). The van der Waals surface area contributed by atoms with Crippen LogP contribution in [0.4, 0.5) is 0 Å². The highest BCUT2D eigenvalue weighted by Crippen LogP contribution is 2.47. The first-order valence-corrected chi connectivity index (χ1v) is 9.45. The van der Waals surface area contributed by atoms with Crippen LogP contribution in [-0.4, -0.2) is 30.9 Å². The van der Waals surface area contributed by atoms with E-state index in [0.29, 0.717) is 37.3 Å². The Labute approximate surface area is 139 Å². The first kappa shape index (κ1) is 16.7. The Hall–Kier alpha value is -1.10. The normalized spacial score (nSPS) is 33.6. The predicted octanol–water partition coefficient (Wildman–Crippen LogP) is 1.56. The molecule has 3 fully saturated rings. The third kappa shape index (κ3) is 4.06. The quantitative estimate of drug-likeness (QED) is 0.649. The van der Waals surface area contributed by atoms with Gasteiger partial charge in [0.05, 0.1) is 5.92 Å². The van der Waals surface area contributed by atoms with Gasteiger partial charge in [-0.2, -0.15) is 0 Å². The molecular weight excluding hydrogens is 290 g/mol. The van der Waals surface area contributed by atoms with E-state index in [1.54, 1.807) is 0 Å². The topological polar surface area (TPSA) is 84.2 Å². The van der Waals surface area contributed by atoms with Gasteiger partial charge in [0, 0.05) is 25.6 Å². The summed E-state index contributed by atoms with van der Waals surface area (Å²) in [6.45, 7) is 1.03. The van der Waals surface area contributed by atoms with Crippen LogP contribution in [0.1, 0.15) is 57.8 Å².